The largest absolute Gasteiger partial charge is 0.301 e. The van der Waals surface area contributed by atoms with E-state index in [9.17, 15) is 0 Å². The summed E-state index contributed by atoms with van der Waals surface area (Å²) in [5, 5.41) is 4.64. The van der Waals surface area contributed by atoms with Crippen molar-refractivity contribution in [3.8, 4) is 0 Å². The molecule has 0 amide bonds. The van der Waals surface area contributed by atoms with Crippen LogP contribution in [-0.2, 0) is 0 Å². The zero-order valence-electron chi connectivity index (χ0n) is 10.1. The van der Waals surface area contributed by atoms with Crippen molar-refractivity contribution in [2.45, 2.75) is 24.9 Å². The molecule has 3 nitrogen and oxygen atoms in total. The molecule has 4 aliphatic rings. The molecule has 0 radical (unpaired) electrons. The van der Waals surface area contributed by atoms with Crippen LogP contribution in [0.5, 0.6) is 0 Å². The molecule has 1 aromatic carbocycles. The fourth-order valence-electron chi connectivity index (χ4n) is 3.62. The van der Waals surface area contributed by atoms with Gasteiger partial charge in [-0.05, 0) is 37.6 Å². The smallest absolute Gasteiger partial charge is 0.0910 e. The van der Waals surface area contributed by atoms with Crippen LogP contribution in [0.15, 0.2) is 33.8 Å². The average Bonchev–Trinajstić information content (AvgIpc) is 2.87. The quantitative estimate of drug-likeness (QED) is 0.863. The first-order valence-electron chi connectivity index (χ1n) is 6.66. The Morgan fingerprint density at radius 1 is 1.22 bits per heavy atom. The van der Waals surface area contributed by atoms with Crippen LogP contribution in [0.2, 0.25) is 0 Å². The first-order chi connectivity index (χ1) is 8.84. The van der Waals surface area contributed by atoms with Crippen LogP contribution in [-0.4, -0.2) is 29.7 Å². The van der Waals surface area contributed by atoms with Crippen molar-refractivity contribution in [2.75, 3.05) is 13.1 Å². The number of rotatable bonds is 1. The fraction of sp³-hybridized carbons (Fsp3) is 0.500. The van der Waals surface area contributed by atoms with Crippen molar-refractivity contribution in [1.82, 2.24) is 10.3 Å². The zero-order chi connectivity index (χ0) is 12.1. The van der Waals surface area contributed by atoms with E-state index < -0.39 is 0 Å². The average molecular weight is 306 g/mol. The molecule has 4 heterocycles. The van der Waals surface area contributed by atoms with Crippen LogP contribution in [0.25, 0.3) is 0 Å². The van der Waals surface area contributed by atoms with E-state index in [1.807, 2.05) is 0 Å². The summed E-state index contributed by atoms with van der Waals surface area (Å²) in [4.78, 5) is 2.60. The van der Waals surface area contributed by atoms with Gasteiger partial charge in [-0.1, -0.05) is 34.1 Å². The second kappa shape index (κ2) is 4.07. The molecule has 2 atom stereocenters. The molecule has 3 fully saturated rings. The first kappa shape index (κ1) is 11.0. The number of piperidine rings is 3. The molecule has 0 aromatic heterocycles. The van der Waals surface area contributed by atoms with E-state index in [1.165, 1.54) is 41.7 Å². The standard InChI is InChI=1S/C14H16BrN3/c15-11-4-2-1-3-10(11)13-14-12(16-17-13)9-5-7-18(14)8-6-9/h1-4,9,13-14,17H,5-8H2. The van der Waals surface area contributed by atoms with Gasteiger partial charge in [0.1, 0.15) is 0 Å². The van der Waals surface area contributed by atoms with Crippen LogP contribution in [0.4, 0.5) is 0 Å². The molecule has 2 unspecified atom stereocenters. The highest BCUT2D eigenvalue weighted by molar-refractivity contribution is 9.10. The van der Waals surface area contributed by atoms with E-state index in [2.05, 4.69) is 55.6 Å². The maximum absolute atomic E-state index is 4.64. The molecular weight excluding hydrogens is 290 g/mol. The molecule has 4 heteroatoms. The SMILES string of the molecule is Brc1ccccc1C1NN=C2C3CCN(CC3)C21. The lowest BCUT2D eigenvalue weighted by atomic mass is 9.78. The van der Waals surface area contributed by atoms with Gasteiger partial charge in [0, 0.05) is 10.4 Å². The molecule has 94 valence electrons. The van der Waals surface area contributed by atoms with E-state index in [1.54, 1.807) is 0 Å². The van der Waals surface area contributed by atoms with Crippen molar-refractivity contribution in [1.29, 1.82) is 0 Å². The Balaban J connectivity index is 1.72. The number of benzene rings is 1. The maximum Gasteiger partial charge on any atom is 0.0910 e. The lowest BCUT2D eigenvalue weighted by Crippen LogP contribution is -2.56. The molecule has 18 heavy (non-hydrogen) atoms. The number of hydrogen-bond donors (Lipinski definition) is 1. The second-order valence-electron chi connectivity index (χ2n) is 5.42. The van der Waals surface area contributed by atoms with Gasteiger partial charge in [0.15, 0.2) is 0 Å². The molecule has 1 N–H and O–H groups in total. The maximum atomic E-state index is 4.64. The topological polar surface area (TPSA) is 27.6 Å². The lowest BCUT2D eigenvalue weighted by Gasteiger charge is -2.45. The Bertz CT molecular complexity index is 506. The van der Waals surface area contributed by atoms with Gasteiger partial charge in [-0.15, -0.1) is 0 Å². The molecule has 0 aliphatic carbocycles. The predicted octanol–water partition coefficient (Wildman–Crippen LogP) is 2.54. The Kier molecular flexibility index (Phi) is 2.49. The van der Waals surface area contributed by atoms with Crippen LogP contribution in [0, 0.1) is 5.92 Å². The van der Waals surface area contributed by atoms with E-state index in [-0.39, 0.29) is 0 Å². The number of hydrogen-bond acceptors (Lipinski definition) is 3. The summed E-state index contributed by atoms with van der Waals surface area (Å²) in [6, 6.07) is 9.29. The summed E-state index contributed by atoms with van der Waals surface area (Å²) in [5.74, 6) is 0.722. The molecular formula is C14H16BrN3. The number of halogens is 1. The molecule has 0 saturated carbocycles. The summed E-state index contributed by atoms with van der Waals surface area (Å²) >= 11 is 3.67. The van der Waals surface area contributed by atoms with Gasteiger partial charge in [-0.2, -0.15) is 5.10 Å². The number of hydrazone groups is 1. The fourth-order valence-corrected chi connectivity index (χ4v) is 4.15. The van der Waals surface area contributed by atoms with Gasteiger partial charge >= 0.3 is 0 Å². The Morgan fingerprint density at radius 2 is 2.00 bits per heavy atom. The molecule has 4 aliphatic heterocycles. The highest BCUT2D eigenvalue weighted by Crippen LogP contribution is 2.40. The molecule has 3 saturated heterocycles. The van der Waals surface area contributed by atoms with Crippen molar-refractivity contribution in [2.24, 2.45) is 11.0 Å². The third-order valence-electron chi connectivity index (χ3n) is 4.53. The van der Waals surface area contributed by atoms with Crippen LogP contribution >= 0.6 is 15.9 Å². The minimum absolute atomic E-state index is 0.318. The molecule has 0 spiro atoms. The minimum atomic E-state index is 0.318. The van der Waals surface area contributed by atoms with E-state index in [0.29, 0.717) is 12.1 Å². The monoisotopic (exact) mass is 305 g/mol. The summed E-state index contributed by atoms with van der Waals surface area (Å²) in [6.45, 7) is 2.47. The minimum Gasteiger partial charge on any atom is -0.301 e. The lowest BCUT2D eigenvalue weighted by molar-refractivity contribution is 0.133. The number of fused-ring (bicyclic) bond motifs is 2. The van der Waals surface area contributed by atoms with Crippen LogP contribution in [0.1, 0.15) is 24.4 Å². The Hall–Kier alpha value is -0.870. The summed E-state index contributed by atoms with van der Waals surface area (Å²) in [6.07, 6.45) is 2.58. The summed E-state index contributed by atoms with van der Waals surface area (Å²) in [7, 11) is 0. The van der Waals surface area contributed by atoms with E-state index in [4.69, 9.17) is 0 Å². The van der Waals surface area contributed by atoms with Gasteiger partial charge in [0.25, 0.3) is 0 Å². The van der Waals surface area contributed by atoms with E-state index in [0.717, 1.165) is 5.92 Å². The first-order valence-corrected chi connectivity index (χ1v) is 7.45. The number of nitrogens with one attached hydrogen (secondary N) is 1. The van der Waals surface area contributed by atoms with Crippen molar-refractivity contribution < 1.29 is 0 Å². The highest BCUT2D eigenvalue weighted by atomic mass is 79.9. The predicted molar refractivity (Wildman–Crippen MR) is 75.5 cm³/mol. The van der Waals surface area contributed by atoms with Crippen molar-refractivity contribution in [3.05, 3.63) is 34.3 Å². The zero-order valence-corrected chi connectivity index (χ0v) is 11.7. The van der Waals surface area contributed by atoms with Gasteiger partial charge in [-0.3, -0.25) is 4.90 Å². The van der Waals surface area contributed by atoms with Gasteiger partial charge in [-0.25, -0.2) is 0 Å². The van der Waals surface area contributed by atoms with Gasteiger partial charge in [0.2, 0.25) is 0 Å². The third-order valence-corrected chi connectivity index (χ3v) is 5.26. The summed E-state index contributed by atoms with van der Waals surface area (Å²) < 4.78 is 1.18. The molecule has 2 bridgehead atoms. The second-order valence-corrected chi connectivity index (χ2v) is 6.27. The van der Waals surface area contributed by atoms with Crippen LogP contribution in [0.3, 0.4) is 0 Å². The number of nitrogens with zero attached hydrogens (tertiary/aromatic N) is 2. The Morgan fingerprint density at radius 3 is 2.78 bits per heavy atom. The molecule has 1 aromatic rings. The highest BCUT2D eigenvalue weighted by Gasteiger charge is 2.46. The molecule has 5 rings (SSSR count). The van der Waals surface area contributed by atoms with Gasteiger partial charge < -0.3 is 5.43 Å². The Labute approximate surface area is 115 Å². The van der Waals surface area contributed by atoms with Crippen molar-refractivity contribution >= 4 is 21.6 Å². The van der Waals surface area contributed by atoms with Gasteiger partial charge in [0.05, 0.1) is 17.8 Å². The third kappa shape index (κ3) is 1.48. The van der Waals surface area contributed by atoms with Crippen LogP contribution < -0.4 is 5.43 Å². The van der Waals surface area contributed by atoms with E-state index >= 15 is 0 Å². The summed E-state index contributed by atoms with van der Waals surface area (Å²) in [5.41, 5.74) is 6.10. The van der Waals surface area contributed by atoms with Crippen molar-refractivity contribution in [3.63, 3.8) is 0 Å². The normalized spacial score (nSPS) is 37.1.